The first kappa shape index (κ1) is 23.8. The molecule has 38 heavy (non-hydrogen) atoms. The zero-order valence-electron chi connectivity index (χ0n) is 20.0. The van der Waals surface area contributed by atoms with E-state index < -0.39 is 5.82 Å². The topological polar surface area (TPSA) is 125 Å². The van der Waals surface area contributed by atoms with Crippen LogP contribution in [0.2, 0.25) is 0 Å². The van der Waals surface area contributed by atoms with Crippen molar-refractivity contribution in [3.05, 3.63) is 60.0 Å². The maximum absolute atomic E-state index is 16.0. The summed E-state index contributed by atoms with van der Waals surface area (Å²) in [7, 11) is 0. The van der Waals surface area contributed by atoms with Gasteiger partial charge in [-0.05, 0) is 30.7 Å². The highest BCUT2D eigenvalue weighted by molar-refractivity contribution is 7.13. The molecule has 0 radical (unpaired) electrons. The molecule has 0 aliphatic heterocycles. The molecule has 0 aliphatic rings. The van der Waals surface area contributed by atoms with Gasteiger partial charge in [-0.2, -0.15) is 9.49 Å². The summed E-state index contributed by atoms with van der Waals surface area (Å²) >= 11 is 0.968. The largest absolute Gasteiger partial charge is 0.336 e. The van der Waals surface area contributed by atoms with E-state index in [1.165, 1.54) is 24.7 Å². The smallest absolute Gasteiger partial charge is 0.224 e. The quantitative estimate of drug-likeness (QED) is 0.229. The molecule has 6 rings (SSSR count). The number of carbonyl (C=O) groups excluding carboxylic acids is 1. The average molecular weight is 531 g/mol. The van der Waals surface area contributed by atoms with Gasteiger partial charge in [0.1, 0.15) is 22.7 Å². The van der Waals surface area contributed by atoms with Crippen LogP contribution in [0.4, 0.5) is 14.5 Å². The third-order valence-corrected chi connectivity index (χ3v) is 6.93. The number of thiophene rings is 1. The number of amides is 1. The lowest BCUT2D eigenvalue weighted by Gasteiger charge is -2.08. The summed E-state index contributed by atoms with van der Waals surface area (Å²) in [5.41, 5.74) is 3.29. The van der Waals surface area contributed by atoms with Crippen molar-refractivity contribution in [2.24, 2.45) is 0 Å². The Morgan fingerprint density at radius 3 is 2.82 bits per heavy atom. The van der Waals surface area contributed by atoms with Gasteiger partial charge in [0.05, 0.1) is 27.7 Å². The first-order valence-electron chi connectivity index (χ1n) is 11.9. The van der Waals surface area contributed by atoms with Crippen molar-refractivity contribution in [3.8, 4) is 33.2 Å². The first-order valence-corrected chi connectivity index (χ1v) is 12.7. The first-order chi connectivity index (χ1) is 18.5. The highest BCUT2D eigenvalue weighted by atomic mass is 32.1. The van der Waals surface area contributed by atoms with Crippen LogP contribution in [-0.2, 0) is 4.79 Å². The van der Waals surface area contributed by atoms with Crippen molar-refractivity contribution in [3.63, 3.8) is 0 Å². The van der Waals surface area contributed by atoms with Crippen molar-refractivity contribution in [2.45, 2.75) is 26.2 Å². The van der Waals surface area contributed by atoms with E-state index in [4.69, 9.17) is 0 Å². The zero-order valence-corrected chi connectivity index (χ0v) is 20.9. The molecule has 190 valence electrons. The van der Waals surface area contributed by atoms with Crippen LogP contribution in [0.25, 0.3) is 55.3 Å². The number of halogens is 2. The van der Waals surface area contributed by atoms with Gasteiger partial charge in [-0.15, -0.1) is 11.3 Å². The summed E-state index contributed by atoms with van der Waals surface area (Å²) in [5.74, 6) is -0.374. The molecule has 0 fully saturated rings. The zero-order chi connectivity index (χ0) is 26.2. The molecule has 3 N–H and O–H groups in total. The molecule has 0 saturated carbocycles. The summed E-state index contributed by atoms with van der Waals surface area (Å²) < 4.78 is 29.6. The lowest BCUT2D eigenvalue weighted by atomic mass is 10.1. The number of nitrogens with zero attached hydrogens (tertiary/aromatic N) is 5. The Morgan fingerprint density at radius 1 is 1.11 bits per heavy atom. The van der Waals surface area contributed by atoms with Gasteiger partial charge in [0.2, 0.25) is 5.91 Å². The molecule has 6 aromatic rings. The van der Waals surface area contributed by atoms with Crippen LogP contribution in [0, 0.1) is 10.9 Å². The number of hydrogen-bond donors (Lipinski definition) is 3. The average Bonchev–Trinajstić information content (AvgIpc) is 3.65. The van der Waals surface area contributed by atoms with Crippen molar-refractivity contribution in [1.29, 1.82) is 0 Å². The molecule has 0 spiro atoms. The highest BCUT2D eigenvalue weighted by Crippen LogP contribution is 2.35. The number of fused-ring (bicyclic) bond motifs is 2. The SMILES string of the molecule is CCCCC(=O)Nc1cncc(-c2cnc3[nH]nc(-c4nc5c(-c6ccc(F)s6)nccc5[nH]4)c3c2F)c1. The molecule has 6 aromatic heterocycles. The predicted octanol–water partition coefficient (Wildman–Crippen LogP) is 6.09. The number of aromatic amines is 2. The van der Waals surface area contributed by atoms with E-state index in [2.05, 4.69) is 40.4 Å². The standard InChI is InChI=1S/C26H20F2N8OS/c1-2-3-4-19(37)32-14-9-13(10-29-11-14)15-12-31-25-20(21(15)28)24(35-36-25)26-33-16-7-8-30-23(22(16)34-26)17-5-6-18(27)38-17/h5-12H,2-4H2,1H3,(H,32,37)(H,33,34)(H,31,35,36). The van der Waals surface area contributed by atoms with Crippen LogP contribution in [0.5, 0.6) is 0 Å². The van der Waals surface area contributed by atoms with Crippen LogP contribution < -0.4 is 5.32 Å². The number of H-pyrrole nitrogens is 2. The van der Waals surface area contributed by atoms with Gasteiger partial charge in [0, 0.05) is 36.1 Å². The second kappa shape index (κ2) is 9.71. The van der Waals surface area contributed by atoms with Crippen LogP contribution in [0.3, 0.4) is 0 Å². The number of anilines is 1. The summed E-state index contributed by atoms with van der Waals surface area (Å²) in [4.78, 5) is 33.5. The second-order valence-electron chi connectivity index (χ2n) is 8.64. The highest BCUT2D eigenvalue weighted by Gasteiger charge is 2.22. The molecule has 0 saturated heterocycles. The summed E-state index contributed by atoms with van der Waals surface area (Å²) in [6.07, 6.45) is 8.10. The van der Waals surface area contributed by atoms with E-state index in [1.54, 1.807) is 24.4 Å². The Morgan fingerprint density at radius 2 is 2.00 bits per heavy atom. The minimum Gasteiger partial charge on any atom is -0.336 e. The molecule has 0 aliphatic carbocycles. The number of carbonyl (C=O) groups is 1. The number of hydrogen-bond acceptors (Lipinski definition) is 7. The number of nitrogens with one attached hydrogen (secondary N) is 3. The Balaban J connectivity index is 1.41. The van der Waals surface area contributed by atoms with Crippen molar-refractivity contribution >= 4 is 45.0 Å². The fraction of sp³-hybridized carbons (Fsp3) is 0.154. The molecule has 12 heteroatoms. The Kier molecular flexibility index (Phi) is 6.08. The molecule has 9 nitrogen and oxygen atoms in total. The summed E-state index contributed by atoms with van der Waals surface area (Å²) in [6.45, 7) is 2.01. The molecule has 0 aromatic carbocycles. The van der Waals surface area contributed by atoms with E-state index in [-0.39, 0.29) is 33.3 Å². The number of aromatic nitrogens is 7. The van der Waals surface area contributed by atoms with E-state index in [9.17, 15) is 9.18 Å². The molecular formula is C26H20F2N8OS. The van der Waals surface area contributed by atoms with E-state index >= 15 is 4.39 Å². The van der Waals surface area contributed by atoms with Crippen LogP contribution >= 0.6 is 11.3 Å². The molecule has 0 atom stereocenters. The minimum atomic E-state index is -0.561. The third kappa shape index (κ3) is 4.28. The Bertz CT molecular complexity index is 1810. The van der Waals surface area contributed by atoms with Gasteiger partial charge in [-0.25, -0.2) is 14.4 Å². The number of rotatable bonds is 7. The van der Waals surface area contributed by atoms with Crippen LogP contribution in [-0.4, -0.2) is 41.0 Å². The van der Waals surface area contributed by atoms with Gasteiger partial charge in [-0.1, -0.05) is 13.3 Å². The third-order valence-electron chi connectivity index (χ3n) is 6.05. The molecule has 0 bridgehead atoms. The van der Waals surface area contributed by atoms with E-state index in [0.717, 1.165) is 24.2 Å². The van der Waals surface area contributed by atoms with Gasteiger partial charge in [0.15, 0.2) is 16.6 Å². The lowest BCUT2D eigenvalue weighted by Crippen LogP contribution is -2.11. The van der Waals surface area contributed by atoms with Crippen molar-refractivity contribution < 1.29 is 13.6 Å². The number of imidazole rings is 1. The molecular weight excluding hydrogens is 510 g/mol. The lowest BCUT2D eigenvalue weighted by molar-refractivity contribution is -0.116. The summed E-state index contributed by atoms with van der Waals surface area (Å²) in [5, 5.41) is 9.66. The molecule has 6 heterocycles. The second-order valence-corrected chi connectivity index (χ2v) is 9.67. The molecule has 1 amide bonds. The Hall–Kier alpha value is -4.58. The summed E-state index contributed by atoms with van der Waals surface area (Å²) in [6, 6.07) is 6.41. The maximum atomic E-state index is 16.0. The minimum absolute atomic E-state index is 0.124. The monoisotopic (exact) mass is 530 g/mol. The van der Waals surface area contributed by atoms with Crippen LogP contribution in [0.1, 0.15) is 26.2 Å². The van der Waals surface area contributed by atoms with Crippen LogP contribution in [0.15, 0.2) is 49.1 Å². The van der Waals surface area contributed by atoms with Gasteiger partial charge >= 0.3 is 0 Å². The van der Waals surface area contributed by atoms with Gasteiger partial charge < -0.3 is 10.3 Å². The maximum Gasteiger partial charge on any atom is 0.224 e. The number of pyridine rings is 3. The predicted molar refractivity (Wildman–Crippen MR) is 141 cm³/mol. The normalized spacial score (nSPS) is 11.4. The van der Waals surface area contributed by atoms with E-state index in [0.29, 0.717) is 45.1 Å². The number of unbranched alkanes of at least 4 members (excludes halogenated alkanes) is 1. The van der Waals surface area contributed by atoms with E-state index in [1.807, 2.05) is 6.92 Å². The fourth-order valence-electron chi connectivity index (χ4n) is 4.21. The Labute approximate surface area is 218 Å². The molecule has 0 unspecified atom stereocenters. The van der Waals surface area contributed by atoms with Gasteiger partial charge in [0.25, 0.3) is 0 Å². The van der Waals surface area contributed by atoms with Crippen molar-refractivity contribution in [2.75, 3.05) is 5.32 Å². The van der Waals surface area contributed by atoms with Gasteiger partial charge in [-0.3, -0.25) is 19.9 Å². The fourth-order valence-corrected chi connectivity index (χ4v) is 4.94. The van der Waals surface area contributed by atoms with Crippen molar-refractivity contribution in [1.82, 2.24) is 35.1 Å².